The predicted octanol–water partition coefficient (Wildman–Crippen LogP) is 1.58. The van der Waals surface area contributed by atoms with Crippen LogP contribution >= 0.6 is 0 Å². The normalized spacial score (nSPS) is 19.1. The van der Waals surface area contributed by atoms with E-state index in [-0.39, 0.29) is 6.04 Å². The van der Waals surface area contributed by atoms with Gasteiger partial charge in [0.2, 0.25) is 0 Å². The van der Waals surface area contributed by atoms with Crippen molar-refractivity contribution in [2.75, 3.05) is 0 Å². The number of hydrogen-bond donors (Lipinski definition) is 0. The number of pyridine rings is 1. The highest BCUT2D eigenvalue weighted by atomic mass is 15.1. The van der Waals surface area contributed by atoms with Gasteiger partial charge < -0.3 is 0 Å². The highest BCUT2D eigenvalue weighted by Gasteiger charge is 2.02. The van der Waals surface area contributed by atoms with Gasteiger partial charge in [0, 0.05) is 17.1 Å². The molecule has 1 atom stereocenters. The van der Waals surface area contributed by atoms with Gasteiger partial charge in [0.25, 0.3) is 0 Å². The minimum atomic E-state index is 0.134. The molecule has 1 aromatic rings. The van der Waals surface area contributed by atoms with Crippen LogP contribution in [0.4, 0.5) is 0 Å². The molecule has 1 unspecified atom stereocenters. The maximum absolute atomic E-state index is 4.43. The van der Waals surface area contributed by atoms with Crippen molar-refractivity contribution in [1.82, 2.24) is 4.98 Å². The van der Waals surface area contributed by atoms with Crippen molar-refractivity contribution in [3.05, 3.63) is 28.4 Å². The van der Waals surface area contributed by atoms with Crippen LogP contribution in [0.5, 0.6) is 0 Å². The number of fused-ring (bicyclic) bond motifs is 1. The van der Waals surface area contributed by atoms with E-state index < -0.39 is 0 Å². The molecule has 78 valence electrons. The summed E-state index contributed by atoms with van der Waals surface area (Å²) in [5, 5.41) is 10.4. The zero-order valence-corrected chi connectivity index (χ0v) is 9.31. The van der Waals surface area contributed by atoms with Gasteiger partial charge in [-0.1, -0.05) is 13.8 Å². The van der Waals surface area contributed by atoms with Gasteiger partial charge in [-0.3, -0.25) is 4.98 Å². The minimum absolute atomic E-state index is 0.134. The van der Waals surface area contributed by atoms with Crippen molar-refractivity contribution in [1.29, 1.82) is 0 Å². The number of nitrogens with zero attached hydrogens (tertiary/aromatic N) is 3. The van der Waals surface area contributed by atoms with Crippen LogP contribution < -0.4 is 10.4 Å². The third kappa shape index (κ3) is 2.12. The zero-order chi connectivity index (χ0) is 10.8. The second-order valence-corrected chi connectivity index (χ2v) is 4.16. The second-order valence-electron chi connectivity index (χ2n) is 4.16. The van der Waals surface area contributed by atoms with Gasteiger partial charge in [-0.05, 0) is 30.2 Å². The molecule has 0 N–H and O–H groups in total. The monoisotopic (exact) mass is 201 g/mol. The van der Waals surface area contributed by atoms with Crippen LogP contribution in [0, 0.1) is 0 Å². The largest absolute Gasteiger partial charge is 0.260 e. The Kier molecular flexibility index (Phi) is 2.62. The van der Waals surface area contributed by atoms with E-state index >= 15 is 0 Å². The first-order valence-corrected chi connectivity index (χ1v) is 5.25. The molecule has 2 rings (SSSR count). The molecular weight excluding hydrogens is 186 g/mol. The number of hydrogen-bond acceptors (Lipinski definition) is 3. The van der Waals surface area contributed by atoms with E-state index in [1.807, 2.05) is 19.3 Å². The molecular formula is C12H15N3. The molecule has 0 spiro atoms. The van der Waals surface area contributed by atoms with Gasteiger partial charge >= 0.3 is 0 Å². The summed E-state index contributed by atoms with van der Waals surface area (Å²) in [5.41, 5.74) is 1.10. The highest BCUT2D eigenvalue weighted by Crippen LogP contribution is 2.06. The molecule has 3 nitrogen and oxygen atoms in total. The molecule has 1 aliphatic rings. The summed E-state index contributed by atoms with van der Waals surface area (Å²) < 4.78 is 0. The van der Waals surface area contributed by atoms with Crippen LogP contribution in [0.25, 0.3) is 12.3 Å². The fourth-order valence-electron chi connectivity index (χ4n) is 1.56. The molecule has 0 bridgehead atoms. The second kappa shape index (κ2) is 3.93. The number of rotatable bonds is 1. The molecule has 0 aliphatic carbocycles. The van der Waals surface area contributed by atoms with Crippen molar-refractivity contribution in [2.24, 2.45) is 10.2 Å². The first-order chi connectivity index (χ1) is 7.16. The molecule has 1 aliphatic heterocycles. The molecule has 3 heteroatoms. The molecule has 2 heterocycles. The molecule has 0 amide bonds. The smallest absolute Gasteiger partial charge is 0.0874 e. The summed E-state index contributed by atoms with van der Waals surface area (Å²) in [7, 11) is 0. The lowest BCUT2D eigenvalue weighted by Crippen LogP contribution is -2.26. The Morgan fingerprint density at radius 3 is 2.80 bits per heavy atom. The summed E-state index contributed by atoms with van der Waals surface area (Å²) in [5.74, 6) is 0.446. The Bertz CT molecular complexity index is 500. The summed E-state index contributed by atoms with van der Waals surface area (Å²) in [4.78, 5) is 4.43. The molecule has 0 saturated carbocycles. The lowest BCUT2D eigenvalue weighted by molar-refractivity contribution is 0.819. The van der Waals surface area contributed by atoms with Crippen LogP contribution in [-0.2, 0) is 0 Å². The van der Waals surface area contributed by atoms with Crippen LogP contribution in [-0.4, -0.2) is 11.0 Å². The Hall–Kier alpha value is -1.51. The van der Waals surface area contributed by atoms with Gasteiger partial charge in [0.05, 0.1) is 12.2 Å². The lowest BCUT2D eigenvalue weighted by atomic mass is 10.1. The quantitative estimate of drug-likeness (QED) is 0.679. The number of aromatic nitrogens is 1. The molecule has 15 heavy (non-hydrogen) atoms. The molecule has 0 saturated heterocycles. The van der Waals surface area contributed by atoms with Crippen molar-refractivity contribution in [3.63, 3.8) is 0 Å². The maximum atomic E-state index is 4.43. The van der Waals surface area contributed by atoms with Crippen LogP contribution in [0.2, 0.25) is 0 Å². The summed E-state index contributed by atoms with van der Waals surface area (Å²) >= 11 is 0. The van der Waals surface area contributed by atoms with E-state index in [9.17, 15) is 0 Å². The summed E-state index contributed by atoms with van der Waals surface area (Å²) in [6.07, 6.45) is 5.80. The lowest BCUT2D eigenvalue weighted by Gasteiger charge is -2.02. The van der Waals surface area contributed by atoms with Crippen molar-refractivity contribution in [3.8, 4) is 0 Å². The number of azo groups is 1. The van der Waals surface area contributed by atoms with Crippen molar-refractivity contribution < 1.29 is 0 Å². The third-order valence-corrected chi connectivity index (χ3v) is 2.45. The van der Waals surface area contributed by atoms with Crippen LogP contribution in [0.3, 0.4) is 0 Å². The first-order valence-electron chi connectivity index (χ1n) is 5.25. The van der Waals surface area contributed by atoms with Gasteiger partial charge in [-0.25, -0.2) is 0 Å². The van der Waals surface area contributed by atoms with Gasteiger partial charge in [0.15, 0.2) is 0 Å². The Balaban J connectivity index is 2.63. The van der Waals surface area contributed by atoms with E-state index in [2.05, 4.69) is 41.2 Å². The third-order valence-electron chi connectivity index (χ3n) is 2.45. The zero-order valence-electron chi connectivity index (χ0n) is 9.31. The fraction of sp³-hybridized carbons (Fsp3) is 0.417. The fourth-order valence-corrected chi connectivity index (χ4v) is 1.56. The van der Waals surface area contributed by atoms with E-state index in [0.29, 0.717) is 5.92 Å². The van der Waals surface area contributed by atoms with Gasteiger partial charge in [-0.15, -0.1) is 0 Å². The summed E-state index contributed by atoms with van der Waals surface area (Å²) in [6.45, 7) is 6.29. The standard InChI is InChI=1S/C12H15N3/c1-8(2)12-5-11-7-14-15-9(3)4-10(11)6-13-12/h4-9H,1-3H3. The van der Waals surface area contributed by atoms with Crippen molar-refractivity contribution >= 4 is 12.3 Å². The van der Waals surface area contributed by atoms with E-state index in [0.717, 1.165) is 16.1 Å². The first kappa shape index (κ1) is 10.0. The molecule has 0 fully saturated rings. The van der Waals surface area contributed by atoms with Crippen LogP contribution in [0.1, 0.15) is 32.4 Å². The Morgan fingerprint density at radius 2 is 2.07 bits per heavy atom. The SMILES string of the molecule is CC1C=c2cnc(C(C)C)cc2=CN=N1. The average molecular weight is 201 g/mol. The van der Waals surface area contributed by atoms with Crippen LogP contribution in [0.15, 0.2) is 22.5 Å². The molecule has 0 radical (unpaired) electrons. The molecule has 0 aromatic carbocycles. The predicted molar refractivity (Wildman–Crippen MR) is 60.8 cm³/mol. The van der Waals surface area contributed by atoms with E-state index in [4.69, 9.17) is 0 Å². The Labute approximate surface area is 89.3 Å². The average Bonchev–Trinajstić information content (AvgIpc) is 2.37. The Morgan fingerprint density at radius 1 is 1.27 bits per heavy atom. The molecule has 1 aromatic heterocycles. The van der Waals surface area contributed by atoms with E-state index in [1.54, 1.807) is 0 Å². The maximum Gasteiger partial charge on any atom is 0.0874 e. The topological polar surface area (TPSA) is 37.6 Å². The van der Waals surface area contributed by atoms with Gasteiger partial charge in [0.1, 0.15) is 0 Å². The minimum Gasteiger partial charge on any atom is -0.260 e. The van der Waals surface area contributed by atoms with Crippen molar-refractivity contribution in [2.45, 2.75) is 32.7 Å². The highest BCUT2D eigenvalue weighted by molar-refractivity contribution is 5.36. The van der Waals surface area contributed by atoms with Gasteiger partial charge in [-0.2, -0.15) is 10.2 Å². The summed E-state index contributed by atoms with van der Waals surface area (Å²) in [6, 6.07) is 2.22. The van der Waals surface area contributed by atoms with E-state index in [1.165, 1.54) is 0 Å².